The first kappa shape index (κ1) is 9.92. The van der Waals surface area contributed by atoms with Gasteiger partial charge in [0, 0.05) is 17.1 Å². The van der Waals surface area contributed by atoms with Crippen LogP contribution in [0.4, 0.5) is 0 Å². The van der Waals surface area contributed by atoms with Gasteiger partial charge in [-0.1, -0.05) is 19.3 Å². The normalized spacial score (nSPS) is 18.1. The van der Waals surface area contributed by atoms with Crippen molar-refractivity contribution in [3.8, 4) is 0 Å². The van der Waals surface area contributed by atoms with Crippen LogP contribution >= 0.6 is 10.7 Å². The Bertz CT molecular complexity index is 424. The van der Waals surface area contributed by atoms with Gasteiger partial charge in [0.1, 0.15) is 5.82 Å². The van der Waals surface area contributed by atoms with Crippen LogP contribution in [-0.4, -0.2) is 23.6 Å². The molecule has 0 aliphatic heterocycles. The molecule has 0 saturated heterocycles. The van der Waals surface area contributed by atoms with E-state index in [1.807, 2.05) is 0 Å². The third kappa shape index (κ3) is 2.06. The Morgan fingerprint density at radius 2 is 2.21 bits per heavy atom. The molecule has 0 bridgehead atoms. The van der Waals surface area contributed by atoms with E-state index in [4.69, 9.17) is 10.7 Å². The summed E-state index contributed by atoms with van der Waals surface area (Å²) in [6, 6.07) is 0. The minimum Gasteiger partial charge on any atom is -0.262 e. The molecular formula is C7H10ClN3O2S. The molecule has 0 radical (unpaired) electrons. The number of aromatic amines is 1. The molecule has 1 heterocycles. The number of hydrogen-bond acceptors (Lipinski definition) is 4. The second kappa shape index (κ2) is 3.51. The average Bonchev–Trinajstić information content (AvgIpc) is 2.43. The van der Waals surface area contributed by atoms with Crippen molar-refractivity contribution in [1.29, 1.82) is 0 Å². The summed E-state index contributed by atoms with van der Waals surface area (Å²) < 4.78 is 21.7. The maximum Gasteiger partial charge on any atom is 0.298 e. The molecule has 1 aliphatic carbocycles. The fourth-order valence-corrected chi connectivity index (χ4v) is 2.03. The van der Waals surface area contributed by atoms with Gasteiger partial charge in [0.15, 0.2) is 0 Å². The van der Waals surface area contributed by atoms with Crippen molar-refractivity contribution in [2.45, 2.75) is 30.8 Å². The summed E-state index contributed by atoms with van der Waals surface area (Å²) in [7, 11) is 1.30. The molecule has 1 saturated carbocycles. The second-order valence-electron chi connectivity index (χ2n) is 3.50. The van der Waals surface area contributed by atoms with Crippen LogP contribution in [0, 0.1) is 5.92 Å². The first-order valence-corrected chi connectivity index (χ1v) is 6.72. The highest BCUT2D eigenvalue weighted by atomic mass is 35.7. The zero-order valence-electron chi connectivity index (χ0n) is 7.40. The molecule has 2 rings (SSSR count). The predicted octanol–water partition coefficient (Wildman–Crippen LogP) is 1.07. The third-order valence-corrected chi connectivity index (χ3v) is 3.47. The van der Waals surface area contributed by atoms with Crippen LogP contribution in [0.5, 0.6) is 0 Å². The Morgan fingerprint density at radius 3 is 2.64 bits per heavy atom. The van der Waals surface area contributed by atoms with E-state index in [1.165, 1.54) is 19.3 Å². The van der Waals surface area contributed by atoms with Gasteiger partial charge in [-0.2, -0.15) is 0 Å². The van der Waals surface area contributed by atoms with Crippen LogP contribution in [0.1, 0.15) is 25.1 Å². The van der Waals surface area contributed by atoms with E-state index in [0.29, 0.717) is 11.7 Å². The molecule has 0 amide bonds. The Hall–Kier alpha value is -0.620. The molecule has 1 aromatic rings. The molecule has 1 aliphatic rings. The topological polar surface area (TPSA) is 75.7 Å². The fourth-order valence-electron chi connectivity index (χ4n) is 1.45. The zero-order valence-corrected chi connectivity index (χ0v) is 8.98. The van der Waals surface area contributed by atoms with E-state index in [2.05, 4.69) is 15.2 Å². The van der Waals surface area contributed by atoms with E-state index in [-0.39, 0.29) is 5.16 Å². The lowest BCUT2D eigenvalue weighted by atomic mass is 9.83. The van der Waals surface area contributed by atoms with E-state index in [9.17, 15) is 8.42 Å². The highest BCUT2D eigenvalue weighted by molar-refractivity contribution is 8.13. The lowest BCUT2D eigenvalue weighted by molar-refractivity contribution is 0.309. The van der Waals surface area contributed by atoms with Crippen LogP contribution < -0.4 is 0 Å². The molecule has 0 atom stereocenters. The van der Waals surface area contributed by atoms with Crippen molar-refractivity contribution in [1.82, 2.24) is 15.2 Å². The van der Waals surface area contributed by atoms with Crippen LogP contribution in [0.2, 0.25) is 0 Å². The highest BCUT2D eigenvalue weighted by Crippen LogP contribution is 2.28. The maximum atomic E-state index is 10.8. The predicted molar refractivity (Wildman–Crippen MR) is 50.5 cm³/mol. The smallest absolute Gasteiger partial charge is 0.262 e. The molecule has 1 N–H and O–H groups in total. The summed E-state index contributed by atoms with van der Waals surface area (Å²) in [5.41, 5.74) is 0. The van der Waals surface area contributed by atoms with Gasteiger partial charge in [0.2, 0.25) is 0 Å². The molecule has 5 nitrogen and oxygen atoms in total. The minimum atomic E-state index is -3.79. The van der Waals surface area contributed by atoms with Gasteiger partial charge in [-0.25, -0.2) is 13.4 Å². The largest absolute Gasteiger partial charge is 0.298 e. The van der Waals surface area contributed by atoms with Crippen LogP contribution in [-0.2, 0) is 15.5 Å². The molecule has 78 valence electrons. The van der Waals surface area contributed by atoms with Crippen molar-refractivity contribution < 1.29 is 8.42 Å². The molecule has 1 aromatic heterocycles. The van der Waals surface area contributed by atoms with E-state index >= 15 is 0 Å². The van der Waals surface area contributed by atoms with Crippen LogP contribution in [0.3, 0.4) is 0 Å². The summed E-state index contributed by atoms with van der Waals surface area (Å²) in [5, 5.41) is 5.80. The van der Waals surface area contributed by atoms with Gasteiger partial charge in [-0.05, 0) is 5.92 Å². The van der Waals surface area contributed by atoms with Gasteiger partial charge >= 0.3 is 0 Å². The lowest BCUT2D eigenvalue weighted by Crippen LogP contribution is -2.14. The molecule has 14 heavy (non-hydrogen) atoms. The maximum absolute atomic E-state index is 10.8. The molecule has 0 spiro atoms. The number of nitrogens with one attached hydrogen (secondary N) is 1. The van der Waals surface area contributed by atoms with Crippen LogP contribution in [0.25, 0.3) is 0 Å². The summed E-state index contributed by atoms with van der Waals surface area (Å²) >= 11 is 0. The average molecular weight is 236 g/mol. The van der Waals surface area contributed by atoms with Gasteiger partial charge in [0.05, 0.1) is 0 Å². The Labute approximate surface area is 86.3 Å². The summed E-state index contributed by atoms with van der Waals surface area (Å²) in [6.45, 7) is 0. The monoisotopic (exact) mass is 235 g/mol. The van der Waals surface area contributed by atoms with Gasteiger partial charge < -0.3 is 0 Å². The van der Waals surface area contributed by atoms with E-state index in [1.54, 1.807) is 0 Å². The van der Waals surface area contributed by atoms with E-state index in [0.717, 1.165) is 6.42 Å². The first-order valence-electron chi connectivity index (χ1n) is 4.41. The Morgan fingerprint density at radius 1 is 1.50 bits per heavy atom. The van der Waals surface area contributed by atoms with E-state index < -0.39 is 9.05 Å². The minimum absolute atomic E-state index is 0.325. The standard InChI is InChI=1S/C7H10ClN3O2S/c8-14(12,13)7-9-6(10-11-7)4-5-2-1-3-5/h5H,1-4H2,(H,9,10,11). The quantitative estimate of drug-likeness (QED) is 0.796. The zero-order chi connectivity index (χ0) is 10.2. The second-order valence-corrected chi connectivity index (χ2v) is 5.96. The number of halogens is 1. The summed E-state index contributed by atoms with van der Waals surface area (Å²) in [4.78, 5) is 3.82. The molecular weight excluding hydrogens is 226 g/mol. The Balaban J connectivity index is 2.09. The molecule has 1 fully saturated rings. The van der Waals surface area contributed by atoms with Crippen LogP contribution in [0.15, 0.2) is 5.16 Å². The first-order chi connectivity index (χ1) is 6.55. The number of H-pyrrole nitrogens is 1. The van der Waals surface area contributed by atoms with Gasteiger partial charge in [0.25, 0.3) is 14.2 Å². The number of aromatic nitrogens is 3. The highest BCUT2D eigenvalue weighted by Gasteiger charge is 2.22. The van der Waals surface area contributed by atoms with Gasteiger partial charge in [-0.3, -0.25) is 5.10 Å². The number of rotatable bonds is 3. The van der Waals surface area contributed by atoms with Crippen molar-refractivity contribution in [2.75, 3.05) is 0 Å². The Kier molecular flexibility index (Phi) is 2.48. The summed E-state index contributed by atoms with van der Waals surface area (Å²) in [5.74, 6) is 1.22. The molecule has 7 heteroatoms. The summed E-state index contributed by atoms with van der Waals surface area (Å²) in [6.07, 6.45) is 4.38. The van der Waals surface area contributed by atoms with Crippen molar-refractivity contribution in [3.05, 3.63) is 5.82 Å². The third-order valence-electron chi connectivity index (χ3n) is 2.44. The number of nitrogens with zero attached hydrogens (tertiary/aromatic N) is 2. The van der Waals surface area contributed by atoms with Crippen molar-refractivity contribution >= 4 is 19.7 Å². The van der Waals surface area contributed by atoms with Crippen molar-refractivity contribution in [2.24, 2.45) is 5.92 Å². The fraction of sp³-hybridized carbons (Fsp3) is 0.714. The van der Waals surface area contributed by atoms with Crippen molar-refractivity contribution in [3.63, 3.8) is 0 Å². The number of hydrogen-bond donors (Lipinski definition) is 1. The molecule has 0 unspecified atom stereocenters. The van der Waals surface area contributed by atoms with Gasteiger partial charge in [-0.15, -0.1) is 5.10 Å². The SMILES string of the molecule is O=S(=O)(Cl)c1n[nH]c(CC2CCC2)n1. The molecule has 0 aromatic carbocycles. The lowest BCUT2D eigenvalue weighted by Gasteiger charge is -2.23.